The molecule has 1 heterocycles. The third-order valence-corrected chi connectivity index (χ3v) is 6.38. The number of amides is 1. The molecule has 0 bridgehead atoms. The Balaban J connectivity index is 1.76. The number of nitrogens with zero attached hydrogens (tertiary/aromatic N) is 1. The first-order chi connectivity index (χ1) is 12.9. The smallest absolute Gasteiger partial charge is 0.241 e. The summed E-state index contributed by atoms with van der Waals surface area (Å²) in [5, 5.41) is 0. The van der Waals surface area contributed by atoms with E-state index in [4.69, 9.17) is 5.73 Å². The van der Waals surface area contributed by atoms with Gasteiger partial charge in [-0.3, -0.25) is 4.79 Å². The van der Waals surface area contributed by atoms with Crippen LogP contribution in [0.25, 0.3) is 0 Å². The molecule has 1 amide bonds. The van der Waals surface area contributed by atoms with Gasteiger partial charge in [-0.1, -0.05) is 36.4 Å². The maximum Gasteiger partial charge on any atom is 0.241 e. The summed E-state index contributed by atoms with van der Waals surface area (Å²) < 4.78 is 28.3. The molecule has 1 atom stereocenters. The van der Waals surface area contributed by atoms with E-state index in [-0.39, 0.29) is 16.8 Å². The molecule has 0 aromatic heterocycles. The summed E-state index contributed by atoms with van der Waals surface area (Å²) in [6.45, 7) is 3.25. The molecule has 2 aromatic carbocycles. The molecule has 0 saturated carbocycles. The van der Waals surface area contributed by atoms with E-state index < -0.39 is 10.0 Å². The molecule has 6 nitrogen and oxygen atoms in total. The predicted octanol–water partition coefficient (Wildman–Crippen LogP) is 1.96. The highest BCUT2D eigenvalue weighted by molar-refractivity contribution is 7.89. The fourth-order valence-corrected chi connectivity index (χ4v) is 4.58. The zero-order chi connectivity index (χ0) is 19.4. The Labute approximate surface area is 160 Å². The molecule has 3 rings (SSSR count). The van der Waals surface area contributed by atoms with Crippen LogP contribution in [0.5, 0.6) is 0 Å². The van der Waals surface area contributed by atoms with Crippen molar-refractivity contribution in [1.82, 2.24) is 9.62 Å². The fraction of sp³-hybridized carbons (Fsp3) is 0.350. The SMILES string of the molecule is C[C@@H](NS(=O)(=O)c1ccc2c(c1)CCN(C(=O)CCN)C2)c1ccccc1. The molecule has 3 N–H and O–H groups in total. The van der Waals surface area contributed by atoms with Crippen LogP contribution in [0.1, 0.15) is 36.1 Å². The van der Waals surface area contributed by atoms with Crippen molar-refractivity contribution in [2.45, 2.75) is 37.2 Å². The molecule has 1 aliphatic heterocycles. The molecule has 0 unspecified atom stereocenters. The summed E-state index contributed by atoms with van der Waals surface area (Å²) in [6.07, 6.45) is 0.979. The third-order valence-electron chi connectivity index (χ3n) is 4.84. The maximum atomic E-state index is 12.8. The highest BCUT2D eigenvalue weighted by atomic mass is 32.2. The Kier molecular flexibility index (Phi) is 5.94. The molecule has 0 aliphatic carbocycles. The van der Waals surface area contributed by atoms with E-state index in [1.807, 2.05) is 37.3 Å². The van der Waals surface area contributed by atoms with Crippen LogP contribution in [0, 0.1) is 0 Å². The number of carbonyl (C=O) groups excluding carboxylic acids is 1. The van der Waals surface area contributed by atoms with E-state index in [2.05, 4.69) is 4.72 Å². The first-order valence-corrected chi connectivity index (χ1v) is 10.6. The number of benzene rings is 2. The van der Waals surface area contributed by atoms with E-state index >= 15 is 0 Å². The monoisotopic (exact) mass is 387 g/mol. The van der Waals surface area contributed by atoms with Gasteiger partial charge in [-0.25, -0.2) is 13.1 Å². The molecule has 0 radical (unpaired) electrons. The van der Waals surface area contributed by atoms with Crippen molar-refractivity contribution in [3.05, 3.63) is 65.2 Å². The van der Waals surface area contributed by atoms with Gasteiger partial charge in [0.1, 0.15) is 0 Å². The summed E-state index contributed by atoms with van der Waals surface area (Å²) in [5.74, 6) is 0.0400. The lowest BCUT2D eigenvalue weighted by Gasteiger charge is -2.29. The molecule has 144 valence electrons. The molecule has 2 aromatic rings. The number of hydrogen-bond donors (Lipinski definition) is 2. The Bertz CT molecular complexity index is 913. The first-order valence-electron chi connectivity index (χ1n) is 9.07. The third kappa shape index (κ3) is 4.55. The Morgan fingerprint density at radius 2 is 1.93 bits per heavy atom. The highest BCUT2D eigenvalue weighted by Gasteiger charge is 2.23. The number of nitrogens with one attached hydrogen (secondary N) is 1. The van der Waals surface area contributed by atoms with Crippen LogP contribution in [0.4, 0.5) is 0 Å². The Morgan fingerprint density at radius 3 is 2.63 bits per heavy atom. The quantitative estimate of drug-likeness (QED) is 0.792. The number of fused-ring (bicyclic) bond motifs is 1. The molecule has 1 aliphatic rings. The highest BCUT2D eigenvalue weighted by Crippen LogP contribution is 2.24. The molecule has 27 heavy (non-hydrogen) atoms. The lowest BCUT2D eigenvalue weighted by atomic mass is 9.99. The number of hydrogen-bond acceptors (Lipinski definition) is 4. The largest absolute Gasteiger partial charge is 0.338 e. The van der Waals surface area contributed by atoms with Gasteiger partial charge in [0.2, 0.25) is 15.9 Å². The first kappa shape index (κ1) is 19.5. The topological polar surface area (TPSA) is 92.5 Å². The Hall–Kier alpha value is -2.22. The summed E-state index contributed by atoms with van der Waals surface area (Å²) >= 11 is 0. The summed E-state index contributed by atoms with van der Waals surface area (Å²) in [6, 6.07) is 14.3. The Morgan fingerprint density at radius 1 is 1.19 bits per heavy atom. The average Bonchev–Trinajstić information content (AvgIpc) is 2.67. The van der Waals surface area contributed by atoms with Crippen molar-refractivity contribution in [2.75, 3.05) is 13.1 Å². The average molecular weight is 388 g/mol. The van der Waals surface area contributed by atoms with Crippen LogP contribution in [-0.4, -0.2) is 32.3 Å². The van der Waals surface area contributed by atoms with Crippen LogP contribution in [0.15, 0.2) is 53.4 Å². The van der Waals surface area contributed by atoms with Gasteiger partial charge < -0.3 is 10.6 Å². The van der Waals surface area contributed by atoms with Crippen molar-refractivity contribution in [3.63, 3.8) is 0 Å². The fourth-order valence-electron chi connectivity index (χ4n) is 3.30. The van der Waals surface area contributed by atoms with Crippen LogP contribution >= 0.6 is 0 Å². The summed E-state index contributed by atoms with van der Waals surface area (Å²) in [5.41, 5.74) is 8.33. The number of carbonyl (C=O) groups is 1. The van der Waals surface area contributed by atoms with Gasteiger partial charge in [0.25, 0.3) is 0 Å². The zero-order valence-corrected chi connectivity index (χ0v) is 16.2. The predicted molar refractivity (Wildman–Crippen MR) is 104 cm³/mol. The van der Waals surface area contributed by atoms with Crippen LogP contribution in [0.2, 0.25) is 0 Å². The van der Waals surface area contributed by atoms with Gasteiger partial charge in [0.15, 0.2) is 0 Å². The van der Waals surface area contributed by atoms with Gasteiger partial charge in [-0.2, -0.15) is 0 Å². The minimum absolute atomic E-state index is 0.0400. The van der Waals surface area contributed by atoms with Gasteiger partial charge in [-0.15, -0.1) is 0 Å². The van der Waals surface area contributed by atoms with E-state index in [0.29, 0.717) is 32.5 Å². The normalized spacial score (nSPS) is 15.3. The number of rotatable bonds is 6. The zero-order valence-electron chi connectivity index (χ0n) is 15.4. The van der Waals surface area contributed by atoms with E-state index in [1.165, 1.54) is 0 Å². The van der Waals surface area contributed by atoms with Crippen molar-refractivity contribution < 1.29 is 13.2 Å². The standard InChI is InChI=1S/C20H25N3O3S/c1-15(16-5-3-2-4-6-16)22-27(25,26)19-8-7-18-14-23(20(24)9-11-21)12-10-17(18)13-19/h2-8,13,15,22H,9-12,14,21H2,1H3/t15-/m1/s1. The van der Waals surface area contributed by atoms with Gasteiger partial charge in [0.05, 0.1) is 4.90 Å². The molecule has 7 heteroatoms. The lowest BCUT2D eigenvalue weighted by Crippen LogP contribution is -2.37. The van der Waals surface area contributed by atoms with E-state index in [9.17, 15) is 13.2 Å². The van der Waals surface area contributed by atoms with Crippen LogP contribution in [0.3, 0.4) is 0 Å². The minimum Gasteiger partial charge on any atom is -0.338 e. The maximum absolute atomic E-state index is 12.8. The minimum atomic E-state index is -3.63. The molecular weight excluding hydrogens is 362 g/mol. The molecule has 0 spiro atoms. The number of sulfonamides is 1. The summed E-state index contributed by atoms with van der Waals surface area (Å²) in [7, 11) is -3.63. The molecular formula is C20H25N3O3S. The van der Waals surface area contributed by atoms with Crippen LogP contribution in [-0.2, 0) is 27.8 Å². The summed E-state index contributed by atoms with van der Waals surface area (Å²) in [4.78, 5) is 14.1. The second-order valence-electron chi connectivity index (χ2n) is 6.79. The van der Waals surface area contributed by atoms with Gasteiger partial charge in [-0.05, 0) is 42.2 Å². The molecule has 0 fully saturated rings. The van der Waals surface area contributed by atoms with Crippen molar-refractivity contribution in [1.29, 1.82) is 0 Å². The second-order valence-corrected chi connectivity index (χ2v) is 8.50. The van der Waals surface area contributed by atoms with E-state index in [0.717, 1.165) is 16.7 Å². The molecule has 0 saturated heterocycles. The van der Waals surface area contributed by atoms with Crippen molar-refractivity contribution >= 4 is 15.9 Å². The second kappa shape index (κ2) is 8.21. The lowest BCUT2D eigenvalue weighted by molar-refractivity contribution is -0.131. The van der Waals surface area contributed by atoms with Crippen molar-refractivity contribution in [3.8, 4) is 0 Å². The van der Waals surface area contributed by atoms with Crippen LogP contribution < -0.4 is 10.5 Å². The van der Waals surface area contributed by atoms with E-state index in [1.54, 1.807) is 23.1 Å². The number of nitrogens with two attached hydrogens (primary N) is 1. The van der Waals surface area contributed by atoms with Gasteiger partial charge in [0, 0.05) is 32.1 Å². The van der Waals surface area contributed by atoms with Crippen molar-refractivity contribution in [2.24, 2.45) is 5.73 Å². The van der Waals surface area contributed by atoms with Gasteiger partial charge >= 0.3 is 0 Å².